The monoisotopic (exact) mass is 312 g/mol. The predicted octanol–water partition coefficient (Wildman–Crippen LogP) is 2.49. The molecule has 1 aliphatic heterocycles. The second-order valence-corrected chi connectivity index (χ2v) is 5.29. The Labute approximate surface area is 133 Å². The summed E-state index contributed by atoms with van der Waals surface area (Å²) in [5.74, 6) is -0.358. The van der Waals surface area contributed by atoms with Crippen LogP contribution in [0, 0.1) is 10.1 Å². The summed E-state index contributed by atoms with van der Waals surface area (Å²) in [7, 11) is 0. The summed E-state index contributed by atoms with van der Waals surface area (Å²) in [6.07, 6.45) is -0.202. The number of carbonyl (C=O) groups is 1. The Bertz CT molecular complexity index is 725. The quantitative estimate of drug-likeness (QED) is 0.533. The smallest absolute Gasteiger partial charge is 0.280 e. The molecular weight excluding hydrogens is 296 g/mol. The molecule has 1 fully saturated rings. The first-order chi connectivity index (χ1) is 11.2. The third-order valence-corrected chi connectivity index (χ3v) is 3.80. The SMILES string of the molecule is O=C(c1ccccc1)c1cc(C2CNCCO2)ccc1[N+](=O)[O-]. The highest BCUT2D eigenvalue weighted by Crippen LogP contribution is 2.27. The Morgan fingerprint density at radius 3 is 2.65 bits per heavy atom. The van der Waals surface area contributed by atoms with Crippen LogP contribution < -0.4 is 5.32 Å². The molecule has 1 aliphatic rings. The van der Waals surface area contributed by atoms with Gasteiger partial charge in [0.15, 0.2) is 5.78 Å². The lowest BCUT2D eigenvalue weighted by Crippen LogP contribution is -2.33. The fourth-order valence-corrected chi connectivity index (χ4v) is 2.62. The highest BCUT2D eigenvalue weighted by Gasteiger charge is 2.24. The number of nitro benzene ring substituents is 1. The van der Waals surface area contributed by atoms with Crippen LogP contribution >= 0.6 is 0 Å². The summed E-state index contributed by atoms with van der Waals surface area (Å²) in [6.45, 7) is 1.97. The Hall–Kier alpha value is -2.57. The molecule has 6 nitrogen and oxygen atoms in total. The zero-order chi connectivity index (χ0) is 16.2. The number of hydrogen-bond acceptors (Lipinski definition) is 5. The van der Waals surface area contributed by atoms with Gasteiger partial charge in [0.2, 0.25) is 0 Å². The summed E-state index contributed by atoms with van der Waals surface area (Å²) in [5, 5.41) is 14.5. The van der Waals surface area contributed by atoms with Gasteiger partial charge in [-0.05, 0) is 17.7 Å². The highest BCUT2D eigenvalue weighted by molar-refractivity contribution is 6.11. The van der Waals surface area contributed by atoms with Gasteiger partial charge in [0.05, 0.1) is 17.6 Å². The van der Waals surface area contributed by atoms with Crippen LogP contribution in [0.3, 0.4) is 0 Å². The molecule has 0 amide bonds. The van der Waals surface area contributed by atoms with Crippen molar-refractivity contribution in [1.29, 1.82) is 0 Å². The Balaban J connectivity index is 2.01. The maximum atomic E-state index is 12.6. The molecule has 3 rings (SSSR count). The van der Waals surface area contributed by atoms with Crippen LogP contribution in [0.4, 0.5) is 5.69 Å². The van der Waals surface area contributed by atoms with Crippen molar-refractivity contribution in [3.05, 3.63) is 75.3 Å². The molecule has 0 aliphatic carbocycles. The summed E-state index contributed by atoms with van der Waals surface area (Å²) in [5.41, 5.74) is 1.09. The Morgan fingerprint density at radius 1 is 1.22 bits per heavy atom. The molecule has 0 aromatic heterocycles. The van der Waals surface area contributed by atoms with Gasteiger partial charge in [-0.15, -0.1) is 0 Å². The van der Waals surface area contributed by atoms with Crippen LogP contribution in [-0.4, -0.2) is 30.4 Å². The second kappa shape index (κ2) is 6.68. The Morgan fingerprint density at radius 2 is 2.00 bits per heavy atom. The van der Waals surface area contributed by atoms with E-state index >= 15 is 0 Å². The van der Waals surface area contributed by atoms with Crippen LogP contribution in [0.2, 0.25) is 0 Å². The van der Waals surface area contributed by atoms with Crippen LogP contribution in [0.1, 0.15) is 27.6 Å². The van der Waals surface area contributed by atoms with Gasteiger partial charge in [-0.25, -0.2) is 0 Å². The van der Waals surface area contributed by atoms with Gasteiger partial charge in [-0.2, -0.15) is 0 Å². The zero-order valence-corrected chi connectivity index (χ0v) is 12.4. The molecule has 23 heavy (non-hydrogen) atoms. The van der Waals surface area contributed by atoms with E-state index in [0.717, 1.165) is 12.1 Å². The van der Waals surface area contributed by atoms with Crippen molar-refractivity contribution in [1.82, 2.24) is 5.32 Å². The second-order valence-electron chi connectivity index (χ2n) is 5.29. The fourth-order valence-electron chi connectivity index (χ4n) is 2.62. The van der Waals surface area contributed by atoms with Gasteiger partial charge in [-0.1, -0.05) is 30.3 Å². The Kier molecular flexibility index (Phi) is 4.45. The lowest BCUT2D eigenvalue weighted by molar-refractivity contribution is -0.385. The first-order valence-electron chi connectivity index (χ1n) is 7.37. The standard InChI is InChI=1S/C17H16N2O4/c20-17(12-4-2-1-3-5-12)14-10-13(6-7-15(14)19(21)22)16-11-18-8-9-23-16/h1-7,10,16,18H,8-9,11H2. The van der Waals surface area contributed by atoms with E-state index in [0.29, 0.717) is 18.7 Å². The first-order valence-corrected chi connectivity index (χ1v) is 7.37. The van der Waals surface area contributed by atoms with Crippen molar-refractivity contribution in [3.63, 3.8) is 0 Å². The van der Waals surface area contributed by atoms with Gasteiger partial charge >= 0.3 is 0 Å². The molecule has 0 bridgehead atoms. The lowest BCUT2D eigenvalue weighted by atomic mass is 9.97. The number of ketones is 1. The number of nitrogens with one attached hydrogen (secondary N) is 1. The molecule has 6 heteroatoms. The van der Waals surface area contributed by atoms with Crippen LogP contribution in [-0.2, 0) is 4.74 Å². The fraction of sp³-hybridized carbons (Fsp3) is 0.235. The van der Waals surface area contributed by atoms with Gasteiger partial charge in [0, 0.05) is 24.7 Å². The number of morpholine rings is 1. The first kappa shape index (κ1) is 15.3. The van der Waals surface area contributed by atoms with Crippen molar-refractivity contribution in [2.24, 2.45) is 0 Å². The maximum absolute atomic E-state index is 12.6. The minimum absolute atomic E-state index is 0.0906. The van der Waals surface area contributed by atoms with Gasteiger partial charge in [-0.3, -0.25) is 14.9 Å². The molecule has 2 aromatic carbocycles. The number of nitro groups is 1. The maximum Gasteiger partial charge on any atom is 0.280 e. The largest absolute Gasteiger partial charge is 0.371 e. The molecule has 1 unspecified atom stereocenters. The molecule has 1 atom stereocenters. The van der Waals surface area contributed by atoms with Crippen molar-refractivity contribution in [3.8, 4) is 0 Å². The van der Waals surface area contributed by atoms with Gasteiger partial charge in [0.1, 0.15) is 5.56 Å². The average Bonchev–Trinajstić information content (AvgIpc) is 2.62. The summed E-state index contributed by atoms with van der Waals surface area (Å²) in [6, 6.07) is 13.2. The number of hydrogen-bond donors (Lipinski definition) is 1. The lowest BCUT2D eigenvalue weighted by Gasteiger charge is -2.24. The van der Waals surface area contributed by atoms with E-state index in [-0.39, 0.29) is 23.1 Å². The van der Waals surface area contributed by atoms with E-state index in [1.807, 2.05) is 0 Å². The van der Waals surface area contributed by atoms with E-state index in [4.69, 9.17) is 4.74 Å². The van der Waals surface area contributed by atoms with Crippen molar-refractivity contribution in [2.75, 3.05) is 19.7 Å². The molecule has 1 heterocycles. The molecule has 0 radical (unpaired) electrons. The third-order valence-electron chi connectivity index (χ3n) is 3.80. The average molecular weight is 312 g/mol. The molecule has 1 saturated heterocycles. The molecular formula is C17H16N2O4. The van der Waals surface area contributed by atoms with Crippen LogP contribution in [0.25, 0.3) is 0 Å². The minimum Gasteiger partial charge on any atom is -0.371 e. The van der Waals surface area contributed by atoms with E-state index < -0.39 is 4.92 Å². The molecule has 2 aromatic rings. The molecule has 0 spiro atoms. The molecule has 0 saturated carbocycles. The number of carbonyl (C=O) groups excluding carboxylic acids is 1. The van der Waals surface area contributed by atoms with E-state index in [2.05, 4.69) is 5.32 Å². The number of nitrogens with zero attached hydrogens (tertiary/aromatic N) is 1. The zero-order valence-electron chi connectivity index (χ0n) is 12.4. The van der Waals surface area contributed by atoms with E-state index in [9.17, 15) is 14.9 Å². The third kappa shape index (κ3) is 3.28. The number of rotatable bonds is 4. The normalized spacial score (nSPS) is 17.7. The topological polar surface area (TPSA) is 81.5 Å². The van der Waals surface area contributed by atoms with E-state index in [1.54, 1.807) is 42.5 Å². The minimum atomic E-state index is -0.528. The summed E-state index contributed by atoms with van der Waals surface area (Å²) >= 11 is 0. The number of benzene rings is 2. The van der Waals surface area contributed by atoms with Crippen molar-refractivity contribution >= 4 is 11.5 Å². The van der Waals surface area contributed by atoms with Crippen molar-refractivity contribution in [2.45, 2.75) is 6.10 Å². The molecule has 1 N–H and O–H groups in total. The highest BCUT2D eigenvalue weighted by atomic mass is 16.6. The van der Waals surface area contributed by atoms with Gasteiger partial charge < -0.3 is 10.1 Å². The van der Waals surface area contributed by atoms with Crippen molar-refractivity contribution < 1.29 is 14.5 Å². The van der Waals surface area contributed by atoms with Gasteiger partial charge in [0.25, 0.3) is 5.69 Å². The summed E-state index contributed by atoms with van der Waals surface area (Å²) in [4.78, 5) is 23.4. The van der Waals surface area contributed by atoms with E-state index in [1.165, 1.54) is 6.07 Å². The van der Waals surface area contributed by atoms with Crippen LogP contribution in [0.5, 0.6) is 0 Å². The predicted molar refractivity (Wildman–Crippen MR) is 84.5 cm³/mol. The molecule has 118 valence electrons. The summed E-state index contributed by atoms with van der Waals surface area (Å²) < 4.78 is 5.66. The van der Waals surface area contributed by atoms with Crippen LogP contribution in [0.15, 0.2) is 48.5 Å². The number of ether oxygens (including phenoxy) is 1.